The van der Waals surface area contributed by atoms with Gasteiger partial charge in [0.05, 0.1) is 5.56 Å². The summed E-state index contributed by atoms with van der Waals surface area (Å²) in [6.45, 7) is 6.46. The highest BCUT2D eigenvalue weighted by Crippen LogP contribution is 2.41. The maximum atomic E-state index is 12.7. The van der Waals surface area contributed by atoms with Crippen LogP contribution >= 0.6 is 11.6 Å². The molecule has 1 aromatic carbocycles. The molecule has 0 N–H and O–H groups in total. The minimum atomic E-state index is -0.182. The van der Waals surface area contributed by atoms with Crippen molar-refractivity contribution in [2.75, 3.05) is 7.05 Å². The molecule has 4 nitrogen and oxygen atoms in total. The molecule has 0 unspecified atom stereocenters. The number of carbonyl (C=O) groups excluding carboxylic acids is 2. The number of benzene rings is 1. The van der Waals surface area contributed by atoms with Crippen molar-refractivity contribution in [1.82, 2.24) is 9.88 Å². The summed E-state index contributed by atoms with van der Waals surface area (Å²) >= 11 is 6.16. The highest BCUT2D eigenvalue weighted by Gasteiger charge is 2.28. The second-order valence-electron chi connectivity index (χ2n) is 6.25. The molecule has 5 heteroatoms. The third-order valence-electron chi connectivity index (χ3n) is 4.42. The van der Waals surface area contributed by atoms with Crippen molar-refractivity contribution in [3.8, 4) is 0 Å². The van der Waals surface area contributed by atoms with Gasteiger partial charge in [0.15, 0.2) is 6.29 Å². The summed E-state index contributed by atoms with van der Waals surface area (Å²) in [4.78, 5) is 29.9. The van der Waals surface area contributed by atoms with E-state index in [1.54, 1.807) is 36.2 Å². The average Bonchev–Trinajstić information content (AvgIpc) is 3.50. The van der Waals surface area contributed by atoms with Crippen LogP contribution in [-0.2, 0) is 6.54 Å². The van der Waals surface area contributed by atoms with E-state index in [0.717, 1.165) is 29.7 Å². The molecule has 1 aliphatic carbocycles. The van der Waals surface area contributed by atoms with Crippen LogP contribution in [-0.4, -0.2) is 29.1 Å². The van der Waals surface area contributed by atoms with E-state index in [1.807, 2.05) is 26.8 Å². The van der Waals surface area contributed by atoms with E-state index < -0.39 is 0 Å². The first kappa shape index (κ1) is 20.1. The van der Waals surface area contributed by atoms with E-state index in [4.69, 9.17) is 11.6 Å². The summed E-state index contributed by atoms with van der Waals surface area (Å²) in [5, 5.41) is 0.464. The van der Waals surface area contributed by atoms with Gasteiger partial charge in [0.25, 0.3) is 5.91 Å². The lowest BCUT2D eigenvalue weighted by atomic mass is 10.0. The fourth-order valence-corrected chi connectivity index (χ4v) is 3.12. The van der Waals surface area contributed by atoms with Crippen LogP contribution in [0.25, 0.3) is 0 Å². The minimum absolute atomic E-state index is 0.182. The van der Waals surface area contributed by atoms with Crippen LogP contribution in [0.1, 0.15) is 70.1 Å². The third kappa shape index (κ3) is 4.50. The van der Waals surface area contributed by atoms with Crippen LogP contribution < -0.4 is 0 Å². The smallest absolute Gasteiger partial charge is 0.254 e. The molecule has 0 bridgehead atoms. The Bertz CT molecular complexity index is 801. The zero-order chi connectivity index (χ0) is 19.3. The fraction of sp³-hybridized carbons (Fsp3) is 0.381. The average molecular weight is 373 g/mol. The van der Waals surface area contributed by atoms with Gasteiger partial charge in [0.1, 0.15) is 5.15 Å². The molecule has 138 valence electrons. The van der Waals surface area contributed by atoms with Crippen LogP contribution in [0, 0.1) is 6.92 Å². The predicted molar refractivity (Wildman–Crippen MR) is 105 cm³/mol. The lowest BCUT2D eigenvalue weighted by Gasteiger charge is -2.20. The summed E-state index contributed by atoms with van der Waals surface area (Å²) in [5.41, 5.74) is 3.96. The van der Waals surface area contributed by atoms with Crippen molar-refractivity contribution < 1.29 is 9.59 Å². The van der Waals surface area contributed by atoms with E-state index >= 15 is 0 Å². The largest absolute Gasteiger partial charge is 0.337 e. The van der Waals surface area contributed by atoms with Crippen molar-refractivity contribution >= 4 is 23.8 Å². The molecule has 0 spiro atoms. The molecule has 1 aromatic heterocycles. The molecular weight excluding hydrogens is 348 g/mol. The fourth-order valence-electron chi connectivity index (χ4n) is 2.89. The van der Waals surface area contributed by atoms with Gasteiger partial charge in [-0.1, -0.05) is 43.6 Å². The van der Waals surface area contributed by atoms with Gasteiger partial charge >= 0.3 is 0 Å². The van der Waals surface area contributed by atoms with E-state index in [0.29, 0.717) is 35.0 Å². The molecule has 0 aliphatic heterocycles. The summed E-state index contributed by atoms with van der Waals surface area (Å²) in [6.07, 6.45) is 3.00. The second-order valence-corrected chi connectivity index (χ2v) is 6.64. The Morgan fingerprint density at radius 2 is 1.96 bits per heavy atom. The number of hydrogen-bond donors (Lipinski definition) is 0. The number of hydrogen-bond acceptors (Lipinski definition) is 3. The van der Waals surface area contributed by atoms with Crippen molar-refractivity contribution in [1.29, 1.82) is 0 Å². The van der Waals surface area contributed by atoms with Crippen LogP contribution in [0.3, 0.4) is 0 Å². The molecule has 0 atom stereocenters. The van der Waals surface area contributed by atoms with Crippen LogP contribution in [0.5, 0.6) is 0 Å². The normalized spacial score (nSPS) is 12.8. The molecule has 1 saturated carbocycles. The molecule has 1 heterocycles. The maximum absolute atomic E-state index is 12.7. The molecular formula is C21H25ClN2O2. The highest BCUT2D eigenvalue weighted by atomic mass is 35.5. The standard InChI is InChI=1S/C19H19ClN2O2.C2H6/c1-12-15(9-17(20)21-18(12)13-7-8-13)10-22(2)19(24)16-6-4-3-5-14(16)11-23;1-2/h3-6,9,11,13H,7-8,10H2,1-2H3;1-2H3. The zero-order valence-electron chi connectivity index (χ0n) is 15.8. The topological polar surface area (TPSA) is 50.3 Å². The highest BCUT2D eigenvalue weighted by molar-refractivity contribution is 6.29. The molecule has 1 aliphatic rings. The Balaban J connectivity index is 0.00000117. The third-order valence-corrected chi connectivity index (χ3v) is 4.62. The van der Waals surface area contributed by atoms with Gasteiger partial charge in [0, 0.05) is 30.8 Å². The molecule has 3 rings (SSSR count). The predicted octanol–water partition coefficient (Wildman–Crippen LogP) is 5.03. The summed E-state index contributed by atoms with van der Waals surface area (Å²) in [5.74, 6) is 0.317. The number of halogens is 1. The minimum Gasteiger partial charge on any atom is -0.337 e. The molecule has 0 radical (unpaired) electrons. The quantitative estimate of drug-likeness (QED) is 0.546. The van der Waals surface area contributed by atoms with Crippen LogP contribution in [0.2, 0.25) is 5.15 Å². The Hall–Kier alpha value is -2.20. The number of carbonyl (C=O) groups is 2. The molecule has 0 saturated heterocycles. The van der Waals surface area contributed by atoms with Crippen molar-refractivity contribution in [3.05, 3.63) is 63.4 Å². The number of rotatable bonds is 5. The van der Waals surface area contributed by atoms with Gasteiger partial charge in [-0.3, -0.25) is 9.59 Å². The lowest BCUT2D eigenvalue weighted by molar-refractivity contribution is 0.0781. The monoisotopic (exact) mass is 372 g/mol. The van der Waals surface area contributed by atoms with Crippen molar-refractivity contribution in [3.63, 3.8) is 0 Å². The Labute approximate surface area is 160 Å². The molecule has 1 amide bonds. The van der Waals surface area contributed by atoms with Crippen molar-refractivity contribution in [2.45, 2.75) is 46.1 Å². The van der Waals surface area contributed by atoms with Crippen LogP contribution in [0.15, 0.2) is 30.3 Å². The molecule has 26 heavy (non-hydrogen) atoms. The lowest BCUT2D eigenvalue weighted by Crippen LogP contribution is -2.27. The van der Waals surface area contributed by atoms with E-state index in [2.05, 4.69) is 4.98 Å². The number of nitrogens with zero attached hydrogens (tertiary/aromatic N) is 2. The van der Waals surface area contributed by atoms with E-state index in [9.17, 15) is 9.59 Å². The van der Waals surface area contributed by atoms with Crippen LogP contribution in [0.4, 0.5) is 0 Å². The van der Waals surface area contributed by atoms with Gasteiger partial charge in [-0.25, -0.2) is 4.98 Å². The summed E-state index contributed by atoms with van der Waals surface area (Å²) in [7, 11) is 1.73. The Morgan fingerprint density at radius 1 is 1.31 bits per heavy atom. The van der Waals surface area contributed by atoms with Gasteiger partial charge in [-0.2, -0.15) is 0 Å². The van der Waals surface area contributed by atoms with E-state index in [1.165, 1.54) is 0 Å². The number of amides is 1. The Morgan fingerprint density at radius 3 is 2.58 bits per heavy atom. The number of aromatic nitrogens is 1. The maximum Gasteiger partial charge on any atom is 0.254 e. The number of pyridine rings is 1. The molecule has 1 fully saturated rings. The first-order valence-electron chi connectivity index (χ1n) is 8.97. The SMILES string of the molecule is CC.Cc1c(CN(C)C(=O)c2ccccc2C=O)cc(Cl)nc1C1CC1. The summed E-state index contributed by atoms with van der Waals surface area (Å²) < 4.78 is 0. The van der Waals surface area contributed by atoms with Crippen molar-refractivity contribution in [2.24, 2.45) is 0 Å². The first-order valence-corrected chi connectivity index (χ1v) is 9.34. The zero-order valence-corrected chi connectivity index (χ0v) is 16.5. The number of aldehydes is 1. The van der Waals surface area contributed by atoms with Gasteiger partial charge < -0.3 is 4.90 Å². The van der Waals surface area contributed by atoms with Gasteiger partial charge in [-0.15, -0.1) is 0 Å². The first-order chi connectivity index (χ1) is 12.5. The van der Waals surface area contributed by atoms with Gasteiger partial charge in [-0.05, 0) is 43.0 Å². The molecule has 2 aromatic rings. The van der Waals surface area contributed by atoms with Gasteiger partial charge in [0.2, 0.25) is 0 Å². The van der Waals surface area contributed by atoms with E-state index in [-0.39, 0.29) is 5.91 Å². The Kier molecular flexibility index (Phi) is 6.92. The second kappa shape index (κ2) is 8.95. The summed E-state index contributed by atoms with van der Waals surface area (Å²) in [6, 6.07) is 8.64.